The monoisotopic (exact) mass is 300 g/mol. The third kappa shape index (κ3) is 3.51. The van der Waals surface area contributed by atoms with Crippen molar-refractivity contribution in [3.8, 4) is 0 Å². The summed E-state index contributed by atoms with van der Waals surface area (Å²) in [6.45, 7) is 14.9. The predicted molar refractivity (Wildman–Crippen MR) is 82.0 cm³/mol. The maximum absolute atomic E-state index is 11.8. The molecule has 0 heterocycles. The predicted octanol–water partition coefficient (Wildman–Crippen LogP) is 3.02. The van der Waals surface area contributed by atoms with Gasteiger partial charge in [-0.25, -0.2) is 4.79 Å². The third-order valence-corrected chi connectivity index (χ3v) is 9.13. The highest BCUT2D eigenvalue weighted by molar-refractivity contribution is 6.74. The lowest BCUT2D eigenvalue weighted by molar-refractivity contribution is -0.167. The van der Waals surface area contributed by atoms with Crippen LogP contribution in [0.15, 0.2) is 12.2 Å². The standard InChI is InChI=1S/C15H28O4Si/c1-11-8-9-15(17,13(16)18-5)10-12(11)19-20(6,7)14(2,3)4/h12,17H,1,8-10H2,2-7H3/t12-,15+/m1/s1. The van der Waals surface area contributed by atoms with Gasteiger partial charge in [0.15, 0.2) is 13.9 Å². The van der Waals surface area contributed by atoms with Gasteiger partial charge in [-0.1, -0.05) is 27.4 Å². The van der Waals surface area contributed by atoms with Crippen LogP contribution in [0.3, 0.4) is 0 Å². The van der Waals surface area contributed by atoms with Gasteiger partial charge in [-0.2, -0.15) is 0 Å². The van der Waals surface area contributed by atoms with Gasteiger partial charge in [-0.05, 0) is 36.5 Å². The second kappa shape index (κ2) is 5.62. The maximum Gasteiger partial charge on any atom is 0.337 e. The van der Waals surface area contributed by atoms with Gasteiger partial charge >= 0.3 is 5.97 Å². The number of hydrogen-bond acceptors (Lipinski definition) is 4. The maximum atomic E-state index is 11.8. The van der Waals surface area contributed by atoms with Crippen molar-refractivity contribution in [1.29, 1.82) is 0 Å². The van der Waals surface area contributed by atoms with E-state index >= 15 is 0 Å². The highest BCUT2D eigenvalue weighted by Crippen LogP contribution is 2.41. The van der Waals surface area contributed by atoms with E-state index in [4.69, 9.17) is 9.16 Å². The summed E-state index contributed by atoms with van der Waals surface area (Å²) in [4.78, 5) is 11.8. The Morgan fingerprint density at radius 1 is 1.45 bits per heavy atom. The SMILES string of the molecule is C=C1CC[C@@](O)(C(=O)OC)C[C@H]1O[Si](C)(C)C(C)(C)C. The van der Waals surface area contributed by atoms with Gasteiger partial charge in [0.1, 0.15) is 0 Å². The van der Waals surface area contributed by atoms with Gasteiger partial charge < -0.3 is 14.3 Å². The summed E-state index contributed by atoms with van der Waals surface area (Å²) in [5.74, 6) is -0.575. The summed E-state index contributed by atoms with van der Waals surface area (Å²) in [6.07, 6.45) is 0.917. The zero-order valence-electron chi connectivity index (χ0n) is 13.6. The summed E-state index contributed by atoms with van der Waals surface area (Å²) in [6, 6.07) is 0. The van der Waals surface area contributed by atoms with Crippen molar-refractivity contribution in [2.75, 3.05) is 7.11 Å². The topological polar surface area (TPSA) is 55.8 Å². The molecule has 1 saturated carbocycles. The van der Waals surface area contributed by atoms with Gasteiger partial charge in [0.2, 0.25) is 0 Å². The molecule has 0 aliphatic heterocycles. The molecule has 0 aromatic rings. The van der Waals surface area contributed by atoms with Gasteiger partial charge in [0.05, 0.1) is 13.2 Å². The highest BCUT2D eigenvalue weighted by Gasteiger charge is 2.47. The van der Waals surface area contributed by atoms with Crippen LogP contribution in [0.4, 0.5) is 0 Å². The average Bonchev–Trinajstić information content (AvgIpc) is 2.31. The van der Waals surface area contributed by atoms with Crippen LogP contribution >= 0.6 is 0 Å². The summed E-state index contributed by atoms with van der Waals surface area (Å²) < 4.78 is 11.0. The van der Waals surface area contributed by atoms with Crippen molar-refractivity contribution >= 4 is 14.3 Å². The Hall–Kier alpha value is -0.653. The summed E-state index contributed by atoms with van der Waals surface area (Å²) in [5.41, 5.74) is -0.480. The molecule has 0 radical (unpaired) electrons. The van der Waals surface area contributed by atoms with E-state index < -0.39 is 19.9 Å². The summed E-state index contributed by atoms with van der Waals surface area (Å²) >= 11 is 0. The molecule has 0 aromatic heterocycles. The molecular formula is C15H28O4Si. The van der Waals surface area contributed by atoms with E-state index in [1.165, 1.54) is 7.11 Å². The molecule has 116 valence electrons. The lowest BCUT2D eigenvalue weighted by Gasteiger charge is -2.43. The molecule has 2 atom stereocenters. The Morgan fingerprint density at radius 3 is 2.45 bits per heavy atom. The lowest BCUT2D eigenvalue weighted by Crippen LogP contribution is -2.51. The van der Waals surface area contributed by atoms with Crippen molar-refractivity contribution in [3.63, 3.8) is 0 Å². The van der Waals surface area contributed by atoms with Crippen molar-refractivity contribution < 1.29 is 19.1 Å². The lowest BCUT2D eigenvalue weighted by atomic mass is 9.81. The first-order chi connectivity index (χ1) is 8.93. The molecule has 1 N–H and O–H groups in total. The number of carbonyl (C=O) groups excluding carboxylic acids is 1. The van der Waals surface area contributed by atoms with E-state index in [1.54, 1.807) is 0 Å². The molecule has 0 aromatic carbocycles. The summed E-state index contributed by atoms with van der Waals surface area (Å²) in [7, 11) is -0.667. The fourth-order valence-corrected chi connectivity index (χ4v) is 3.43. The van der Waals surface area contributed by atoms with Crippen LogP contribution in [-0.4, -0.2) is 38.2 Å². The molecule has 1 fully saturated rings. The van der Waals surface area contributed by atoms with E-state index in [0.29, 0.717) is 12.8 Å². The Bertz CT molecular complexity index is 397. The molecule has 0 spiro atoms. The molecule has 1 aliphatic rings. The normalized spacial score (nSPS) is 28.4. The molecule has 1 aliphatic carbocycles. The number of aliphatic hydroxyl groups is 1. The number of carbonyl (C=O) groups is 1. The largest absolute Gasteiger partial charge is 0.467 e. The Kier molecular flexibility index (Phi) is 4.89. The first kappa shape index (κ1) is 17.4. The van der Waals surface area contributed by atoms with Crippen LogP contribution in [0.2, 0.25) is 18.1 Å². The van der Waals surface area contributed by atoms with Crippen LogP contribution < -0.4 is 0 Å². The minimum absolute atomic E-state index is 0.0775. The van der Waals surface area contributed by atoms with Crippen molar-refractivity contribution in [3.05, 3.63) is 12.2 Å². The molecule has 5 heteroatoms. The molecule has 20 heavy (non-hydrogen) atoms. The van der Waals surface area contributed by atoms with E-state index in [1.807, 2.05) is 0 Å². The number of esters is 1. The second-order valence-corrected chi connectivity index (χ2v) is 12.0. The number of methoxy groups -OCH3 is 1. The summed E-state index contributed by atoms with van der Waals surface area (Å²) in [5, 5.41) is 10.5. The van der Waals surface area contributed by atoms with E-state index in [9.17, 15) is 9.90 Å². The smallest absolute Gasteiger partial charge is 0.337 e. The second-order valence-electron chi connectivity index (χ2n) is 7.25. The highest BCUT2D eigenvalue weighted by atomic mass is 28.4. The van der Waals surface area contributed by atoms with Crippen LogP contribution in [0.5, 0.6) is 0 Å². The fraction of sp³-hybridized carbons (Fsp3) is 0.800. The van der Waals surface area contributed by atoms with E-state index in [0.717, 1.165) is 5.57 Å². The van der Waals surface area contributed by atoms with Crippen molar-refractivity contribution in [1.82, 2.24) is 0 Å². The van der Waals surface area contributed by atoms with Gasteiger partial charge in [0, 0.05) is 6.42 Å². The van der Waals surface area contributed by atoms with Crippen LogP contribution in [0, 0.1) is 0 Å². The first-order valence-corrected chi connectivity index (χ1v) is 10.00. The molecular weight excluding hydrogens is 272 g/mol. The zero-order valence-corrected chi connectivity index (χ0v) is 14.6. The zero-order chi connectivity index (χ0) is 15.8. The van der Waals surface area contributed by atoms with Gasteiger partial charge in [0.25, 0.3) is 0 Å². The minimum atomic E-state index is -1.97. The van der Waals surface area contributed by atoms with Crippen molar-refractivity contribution in [2.45, 2.75) is 69.9 Å². The minimum Gasteiger partial charge on any atom is -0.467 e. The molecule has 4 nitrogen and oxygen atoms in total. The van der Waals surface area contributed by atoms with Crippen LogP contribution in [-0.2, 0) is 14.0 Å². The number of ether oxygens (including phenoxy) is 1. The molecule has 1 rings (SSSR count). The average molecular weight is 300 g/mol. The molecule has 0 saturated heterocycles. The molecule has 0 amide bonds. The Balaban J connectivity index is 2.89. The fourth-order valence-electron chi connectivity index (χ4n) is 2.11. The van der Waals surface area contributed by atoms with Gasteiger partial charge in [-0.3, -0.25) is 0 Å². The Labute approximate surface area is 123 Å². The van der Waals surface area contributed by atoms with Crippen LogP contribution in [0.1, 0.15) is 40.0 Å². The first-order valence-electron chi connectivity index (χ1n) is 7.09. The van der Waals surface area contributed by atoms with Crippen molar-refractivity contribution in [2.24, 2.45) is 0 Å². The number of hydrogen-bond donors (Lipinski definition) is 1. The van der Waals surface area contributed by atoms with Gasteiger partial charge in [-0.15, -0.1) is 0 Å². The van der Waals surface area contributed by atoms with E-state index in [-0.39, 0.29) is 17.6 Å². The molecule has 0 bridgehead atoms. The third-order valence-electron chi connectivity index (χ3n) is 4.65. The van der Waals surface area contributed by atoms with Crippen LogP contribution in [0.25, 0.3) is 0 Å². The quantitative estimate of drug-likeness (QED) is 0.494. The van der Waals surface area contributed by atoms with E-state index in [2.05, 4.69) is 40.4 Å². The molecule has 0 unspecified atom stereocenters. The number of rotatable bonds is 3. The Morgan fingerprint density at radius 2 is 2.00 bits per heavy atom.